The van der Waals surface area contributed by atoms with Crippen LogP contribution in [0.2, 0.25) is 0 Å². The van der Waals surface area contributed by atoms with E-state index in [1.54, 1.807) is 0 Å². The maximum Gasteiger partial charge on any atom is 0.306 e. The topological polar surface area (TPSA) is 78.9 Å². The van der Waals surface area contributed by atoms with Crippen LogP contribution in [0.1, 0.15) is 265 Å². The van der Waals surface area contributed by atoms with Crippen LogP contribution in [0.5, 0.6) is 0 Å². The van der Waals surface area contributed by atoms with Gasteiger partial charge in [0.2, 0.25) is 0 Å². The van der Waals surface area contributed by atoms with Crippen molar-refractivity contribution in [1.82, 2.24) is 0 Å². The van der Waals surface area contributed by atoms with Gasteiger partial charge in [-0.05, 0) is 103 Å². The molecular weight excluding hydrogens is 901 g/mol. The lowest BCUT2D eigenvalue weighted by atomic mass is 10.0. The summed E-state index contributed by atoms with van der Waals surface area (Å²) in [6.07, 6.45) is 83.4. The van der Waals surface area contributed by atoms with Crippen molar-refractivity contribution in [2.24, 2.45) is 0 Å². The Morgan fingerprint density at radius 2 is 0.548 bits per heavy atom. The largest absolute Gasteiger partial charge is 0.462 e. The maximum atomic E-state index is 12.9. The predicted octanol–water partition coefficient (Wildman–Crippen LogP) is 20.4. The molecule has 0 spiro atoms. The first kappa shape index (κ1) is 68.8. The summed E-state index contributed by atoms with van der Waals surface area (Å²) in [5.41, 5.74) is 0. The van der Waals surface area contributed by atoms with E-state index in [0.717, 1.165) is 116 Å². The van der Waals surface area contributed by atoms with Crippen molar-refractivity contribution in [3.05, 3.63) is 122 Å². The standard InChI is InChI=1S/C67H110O6/c1-4-7-10-13-16-19-22-25-28-31-33-36-39-42-45-48-51-54-57-60-66(69)72-63-64(62-71-65(68)59-56-53-50-47-44-41-38-35-30-27-24-21-18-15-12-9-6-3)73-67(70)61-58-55-52-49-46-43-40-37-34-32-29-26-23-20-17-14-11-8-5-2/h7,9-10,12,16,18-19,21,25,27-28,30,33,36,38,41-42,45,47,50,64H,4-6,8,11,13-15,17,20,22-24,26,29,31-32,34-35,37,39-40,43-44,46,48-49,51-63H2,1-3H3/b10-7+,12-9+,19-16+,21-18+,28-25+,30-27+,36-33+,41-38+,45-42+,50-47+/t64-/m1/s1. The molecule has 0 unspecified atom stereocenters. The van der Waals surface area contributed by atoms with E-state index >= 15 is 0 Å². The highest BCUT2D eigenvalue weighted by molar-refractivity contribution is 5.71. The number of esters is 3. The summed E-state index contributed by atoms with van der Waals surface area (Å²) < 4.78 is 16.8. The molecule has 0 aliphatic heterocycles. The molecule has 0 N–H and O–H groups in total. The van der Waals surface area contributed by atoms with Gasteiger partial charge in [0.1, 0.15) is 13.2 Å². The summed E-state index contributed by atoms with van der Waals surface area (Å²) >= 11 is 0. The van der Waals surface area contributed by atoms with Crippen molar-refractivity contribution in [2.75, 3.05) is 13.2 Å². The van der Waals surface area contributed by atoms with Crippen molar-refractivity contribution in [2.45, 2.75) is 271 Å². The normalized spacial score (nSPS) is 13.0. The Kier molecular flexibility index (Phi) is 56.9. The Bertz CT molecular complexity index is 1540. The van der Waals surface area contributed by atoms with Gasteiger partial charge in [0.15, 0.2) is 6.10 Å². The fourth-order valence-corrected chi connectivity index (χ4v) is 8.03. The van der Waals surface area contributed by atoms with Gasteiger partial charge < -0.3 is 14.2 Å². The molecule has 0 fully saturated rings. The highest BCUT2D eigenvalue weighted by Gasteiger charge is 2.19. The summed E-state index contributed by atoms with van der Waals surface area (Å²) in [5.74, 6) is -0.998. The number of hydrogen-bond acceptors (Lipinski definition) is 6. The Morgan fingerprint density at radius 1 is 0.288 bits per heavy atom. The number of hydrogen-bond donors (Lipinski definition) is 0. The zero-order chi connectivity index (χ0) is 52.9. The van der Waals surface area contributed by atoms with E-state index in [1.165, 1.54) is 103 Å². The summed E-state index contributed by atoms with van der Waals surface area (Å²) in [7, 11) is 0. The van der Waals surface area contributed by atoms with Gasteiger partial charge in [-0.1, -0.05) is 264 Å². The molecule has 0 amide bonds. The molecule has 6 heteroatoms. The highest BCUT2D eigenvalue weighted by Crippen LogP contribution is 2.16. The first-order valence-corrected chi connectivity index (χ1v) is 30.0. The van der Waals surface area contributed by atoms with Gasteiger partial charge in [0.25, 0.3) is 0 Å². The van der Waals surface area contributed by atoms with Crippen LogP contribution in [-0.2, 0) is 28.6 Å². The third kappa shape index (κ3) is 58.6. The second-order valence-electron chi connectivity index (χ2n) is 19.5. The summed E-state index contributed by atoms with van der Waals surface area (Å²) in [4.78, 5) is 38.2. The number of carbonyl (C=O) groups excluding carboxylic acids is 3. The second kappa shape index (κ2) is 60.4. The molecule has 1 atom stereocenters. The van der Waals surface area contributed by atoms with Crippen LogP contribution in [0.15, 0.2) is 122 Å². The summed E-state index contributed by atoms with van der Waals surface area (Å²) in [5, 5.41) is 0. The van der Waals surface area contributed by atoms with Gasteiger partial charge in [-0.15, -0.1) is 0 Å². The maximum absolute atomic E-state index is 12.9. The predicted molar refractivity (Wildman–Crippen MR) is 316 cm³/mol. The molecule has 0 saturated carbocycles. The van der Waals surface area contributed by atoms with Crippen LogP contribution < -0.4 is 0 Å². The molecule has 0 aromatic heterocycles. The lowest BCUT2D eigenvalue weighted by Gasteiger charge is -2.18. The summed E-state index contributed by atoms with van der Waals surface area (Å²) in [6.45, 7) is 6.35. The van der Waals surface area contributed by atoms with Gasteiger partial charge in [0.05, 0.1) is 0 Å². The van der Waals surface area contributed by atoms with Crippen molar-refractivity contribution >= 4 is 17.9 Å². The monoisotopic (exact) mass is 1010 g/mol. The van der Waals surface area contributed by atoms with Crippen LogP contribution >= 0.6 is 0 Å². The number of carbonyl (C=O) groups is 3. The van der Waals surface area contributed by atoms with Crippen LogP contribution in [0.3, 0.4) is 0 Å². The number of allylic oxidation sites excluding steroid dienone is 20. The molecule has 0 rings (SSSR count). The average molecular weight is 1010 g/mol. The average Bonchev–Trinajstić information content (AvgIpc) is 3.39. The second-order valence-corrected chi connectivity index (χ2v) is 19.5. The van der Waals surface area contributed by atoms with E-state index < -0.39 is 6.10 Å². The Morgan fingerprint density at radius 3 is 0.890 bits per heavy atom. The zero-order valence-electron chi connectivity index (χ0n) is 47.4. The van der Waals surface area contributed by atoms with E-state index in [4.69, 9.17) is 14.2 Å². The third-order valence-corrected chi connectivity index (χ3v) is 12.5. The van der Waals surface area contributed by atoms with E-state index in [9.17, 15) is 14.4 Å². The van der Waals surface area contributed by atoms with E-state index in [2.05, 4.69) is 142 Å². The molecule has 414 valence electrons. The van der Waals surface area contributed by atoms with Gasteiger partial charge in [-0.2, -0.15) is 0 Å². The molecular formula is C67H110O6. The fraction of sp³-hybridized carbons (Fsp3) is 0.657. The first-order valence-electron chi connectivity index (χ1n) is 30.0. The Labute approximate surface area is 450 Å². The Balaban J connectivity index is 4.52. The van der Waals surface area contributed by atoms with Crippen molar-refractivity contribution in [1.29, 1.82) is 0 Å². The van der Waals surface area contributed by atoms with Crippen LogP contribution in [-0.4, -0.2) is 37.2 Å². The van der Waals surface area contributed by atoms with Crippen molar-refractivity contribution in [3.63, 3.8) is 0 Å². The van der Waals surface area contributed by atoms with E-state index in [-0.39, 0.29) is 37.5 Å². The van der Waals surface area contributed by atoms with Crippen LogP contribution in [0.25, 0.3) is 0 Å². The summed E-state index contributed by atoms with van der Waals surface area (Å²) in [6, 6.07) is 0. The molecule has 0 aromatic carbocycles. The van der Waals surface area contributed by atoms with Gasteiger partial charge in [-0.3, -0.25) is 14.4 Å². The molecule has 73 heavy (non-hydrogen) atoms. The van der Waals surface area contributed by atoms with Gasteiger partial charge in [-0.25, -0.2) is 0 Å². The molecule has 0 aromatic rings. The van der Waals surface area contributed by atoms with Crippen LogP contribution in [0.4, 0.5) is 0 Å². The minimum absolute atomic E-state index is 0.114. The number of rotatable bonds is 53. The van der Waals surface area contributed by atoms with E-state index in [1.807, 2.05) is 0 Å². The molecule has 0 aliphatic rings. The van der Waals surface area contributed by atoms with Crippen molar-refractivity contribution < 1.29 is 28.6 Å². The van der Waals surface area contributed by atoms with Crippen LogP contribution in [0, 0.1) is 0 Å². The number of unbranched alkanes of at least 4 members (excludes halogenated alkanes) is 22. The molecule has 0 aliphatic carbocycles. The van der Waals surface area contributed by atoms with E-state index in [0.29, 0.717) is 19.3 Å². The molecule has 0 saturated heterocycles. The quantitative estimate of drug-likeness (QED) is 0.0261. The lowest BCUT2D eigenvalue weighted by Crippen LogP contribution is -2.30. The molecule has 0 heterocycles. The molecule has 6 nitrogen and oxygen atoms in total. The Hall–Kier alpha value is -4.19. The minimum Gasteiger partial charge on any atom is -0.462 e. The highest BCUT2D eigenvalue weighted by atomic mass is 16.6. The number of ether oxygens (including phenoxy) is 3. The first-order chi connectivity index (χ1) is 36.0. The smallest absolute Gasteiger partial charge is 0.306 e. The SMILES string of the molecule is CC/C=C/C/C=C/C/C=C/C/C=C/C/C=C/CCCCCC(=O)OC[C@@H](COC(=O)CCC/C=C/C/C=C/C/C=C/C/C=C/C/C=C/CC)OC(=O)CCCCCCCCCCCCCCCCCCCCC. The minimum atomic E-state index is -0.818. The fourth-order valence-electron chi connectivity index (χ4n) is 8.03. The van der Waals surface area contributed by atoms with Crippen molar-refractivity contribution in [3.8, 4) is 0 Å². The molecule has 0 radical (unpaired) electrons. The zero-order valence-corrected chi connectivity index (χ0v) is 47.4. The lowest BCUT2D eigenvalue weighted by molar-refractivity contribution is -0.167. The van der Waals surface area contributed by atoms with Gasteiger partial charge in [0, 0.05) is 19.3 Å². The van der Waals surface area contributed by atoms with Gasteiger partial charge >= 0.3 is 17.9 Å². The third-order valence-electron chi connectivity index (χ3n) is 12.5. The molecule has 0 bridgehead atoms.